The standard InChI is InChI=1S/C14H17N5OS/c1-9(12(20)17(2)3)21-14-16-15-13-18(4)10-7-5-6-8-11(10)19(13)14/h5-9H,1-4H3. The van der Waals surface area contributed by atoms with E-state index in [-0.39, 0.29) is 11.2 Å². The first-order valence-corrected chi connectivity index (χ1v) is 7.55. The third kappa shape index (κ3) is 2.17. The zero-order valence-corrected chi connectivity index (χ0v) is 13.3. The Morgan fingerprint density at radius 3 is 2.57 bits per heavy atom. The number of carbonyl (C=O) groups excluding carboxylic acids is 1. The molecule has 0 aliphatic rings. The van der Waals surface area contributed by atoms with E-state index in [1.807, 2.05) is 47.2 Å². The fourth-order valence-corrected chi connectivity index (χ4v) is 3.38. The summed E-state index contributed by atoms with van der Waals surface area (Å²) in [5.74, 6) is 0.847. The molecule has 0 N–H and O–H groups in total. The zero-order valence-electron chi connectivity index (χ0n) is 12.4. The molecule has 0 aliphatic heterocycles. The molecular formula is C14H17N5OS. The van der Waals surface area contributed by atoms with Gasteiger partial charge in [0.05, 0.1) is 16.3 Å². The molecule has 21 heavy (non-hydrogen) atoms. The second-order valence-corrected chi connectivity index (χ2v) is 6.47. The SMILES string of the molecule is CC(Sc1nnc2n(C)c3ccccc3n12)C(=O)N(C)C. The van der Waals surface area contributed by atoms with Crippen molar-refractivity contribution in [3.05, 3.63) is 24.3 Å². The van der Waals surface area contributed by atoms with Crippen LogP contribution in [0.25, 0.3) is 16.8 Å². The largest absolute Gasteiger partial charge is 0.348 e. The molecule has 1 amide bonds. The Kier molecular flexibility index (Phi) is 3.36. The molecule has 6 nitrogen and oxygen atoms in total. The van der Waals surface area contributed by atoms with Crippen molar-refractivity contribution in [3.63, 3.8) is 0 Å². The number of nitrogens with zero attached hydrogens (tertiary/aromatic N) is 5. The number of hydrogen-bond acceptors (Lipinski definition) is 4. The summed E-state index contributed by atoms with van der Waals surface area (Å²) in [7, 11) is 5.49. The molecule has 3 rings (SSSR count). The molecule has 2 heterocycles. The Morgan fingerprint density at radius 2 is 1.90 bits per heavy atom. The lowest BCUT2D eigenvalue weighted by Gasteiger charge is -2.15. The van der Waals surface area contributed by atoms with Crippen molar-refractivity contribution in [2.75, 3.05) is 14.1 Å². The lowest BCUT2D eigenvalue weighted by atomic mass is 10.3. The Hall–Kier alpha value is -2.02. The van der Waals surface area contributed by atoms with Crippen molar-refractivity contribution in [1.82, 2.24) is 24.1 Å². The number of fused-ring (bicyclic) bond motifs is 3. The number of imidazole rings is 1. The van der Waals surface area contributed by atoms with Gasteiger partial charge in [-0.05, 0) is 19.1 Å². The Balaban J connectivity index is 2.08. The van der Waals surface area contributed by atoms with Crippen molar-refractivity contribution in [3.8, 4) is 0 Å². The van der Waals surface area contributed by atoms with Crippen molar-refractivity contribution in [2.24, 2.45) is 7.05 Å². The second-order valence-electron chi connectivity index (χ2n) is 5.16. The molecule has 0 saturated heterocycles. The summed E-state index contributed by atoms with van der Waals surface area (Å²) in [5.41, 5.74) is 2.14. The Bertz CT molecular complexity index is 819. The van der Waals surface area contributed by atoms with E-state index >= 15 is 0 Å². The van der Waals surface area contributed by atoms with Gasteiger partial charge in [0.25, 0.3) is 0 Å². The van der Waals surface area contributed by atoms with Gasteiger partial charge in [0.1, 0.15) is 0 Å². The molecule has 0 aliphatic carbocycles. The van der Waals surface area contributed by atoms with Gasteiger partial charge in [-0.15, -0.1) is 10.2 Å². The minimum Gasteiger partial charge on any atom is -0.348 e. The number of benzene rings is 1. The predicted molar refractivity (Wildman–Crippen MR) is 83.5 cm³/mol. The summed E-state index contributed by atoms with van der Waals surface area (Å²) < 4.78 is 4.00. The molecule has 1 unspecified atom stereocenters. The molecule has 1 atom stereocenters. The van der Waals surface area contributed by atoms with Gasteiger partial charge in [-0.25, -0.2) is 0 Å². The summed E-state index contributed by atoms with van der Waals surface area (Å²) in [6.45, 7) is 1.89. The number of carbonyl (C=O) groups is 1. The van der Waals surface area contributed by atoms with Crippen LogP contribution in [0.5, 0.6) is 0 Å². The summed E-state index contributed by atoms with van der Waals surface area (Å²) in [6, 6.07) is 8.08. The fraction of sp³-hybridized carbons (Fsp3) is 0.357. The first-order chi connectivity index (χ1) is 10.0. The van der Waals surface area contributed by atoms with E-state index in [0.717, 1.165) is 22.0 Å². The number of hydrogen-bond donors (Lipinski definition) is 0. The zero-order chi connectivity index (χ0) is 15.1. The third-order valence-electron chi connectivity index (χ3n) is 3.47. The maximum Gasteiger partial charge on any atom is 0.236 e. The van der Waals surface area contributed by atoms with E-state index < -0.39 is 0 Å². The van der Waals surface area contributed by atoms with Crippen LogP contribution in [0, 0.1) is 0 Å². The van der Waals surface area contributed by atoms with Gasteiger partial charge in [0.2, 0.25) is 11.7 Å². The molecule has 0 bridgehead atoms. The number of amides is 1. The van der Waals surface area contributed by atoms with E-state index in [1.165, 1.54) is 11.8 Å². The quantitative estimate of drug-likeness (QED) is 0.692. The van der Waals surface area contributed by atoms with Crippen molar-refractivity contribution >= 4 is 34.5 Å². The summed E-state index contributed by atoms with van der Waals surface area (Å²) in [4.78, 5) is 13.6. The maximum atomic E-state index is 12.0. The van der Waals surface area contributed by atoms with E-state index in [1.54, 1.807) is 19.0 Å². The molecule has 0 radical (unpaired) electrons. The van der Waals surface area contributed by atoms with Gasteiger partial charge in [-0.3, -0.25) is 9.20 Å². The Morgan fingerprint density at radius 1 is 1.24 bits per heavy atom. The number of para-hydroxylation sites is 2. The smallest absolute Gasteiger partial charge is 0.236 e. The minimum absolute atomic E-state index is 0.0667. The summed E-state index contributed by atoms with van der Waals surface area (Å²) in [6.07, 6.45) is 0. The first kappa shape index (κ1) is 13.9. The average molecular weight is 303 g/mol. The molecule has 0 spiro atoms. The highest BCUT2D eigenvalue weighted by Crippen LogP contribution is 2.27. The fourth-order valence-electron chi connectivity index (χ4n) is 2.38. The molecule has 0 saturated carbocycles. The third-order valence-corrected chi connectivity index (χ3v) is 4.50. The Labute approximate surface area is 126 Å². The topological polar surface area (TPSA) is 55.4 Å². The summed E-state index contributed by atoms with van der Waals surface area (Å²) in [5, 5.41) is 9.01. The molecular weight excluding hydrogens is 286 g/mol. The van der Waals surface area contributed by atoms with Gasteiger partial charge in [-0.1, -0.05) is 23.9 Å². The van der Waals surface area contributed by atoms with E-state index in [2.05, 4.69) is 10.2 Å². The predicted octanol–water partition coefficient (Wildman–Crippen LogP) is 1.79. The molecule has 2 aromatic heterocycles. The molecule has 7 heteroatoms. The number of aryl methyl sites for hydroxylation is 1. The lowest BCUT2D eigenvalue weighted by molar-refractivity contribution is -0.127. The van der Waals surface area contributed by atoms with Gasteiger partial charge < -0.3 is 9.47 Å². The van der Waals surface area contributed by atoms with Crippen LogP contribution in [0.4, 0.5) is 0 Å². The normalized spacial score (nSPS) is 13.0. The van der Waals surface area contributed by atoms with Crippen LogP contribution in [-0.2, 0) is 11.8 Å². The number of rotatable bonds is 3. The van der Waals surface area contributed by atoms with Crippen LogP contribution in [0.15, 0.2) is 29.4 Å². The number of thioether (sulfide) groups is 1. The van der Waals surface area contributed by atoms with Crippen molar-refractivity contribution in [1.29, 1.82) is 0 Å². The average Bonchev–Trinajstić information content (AvgIpc) is 3.00. The van der Waals surface area contributed by atoms with Gasteiger partial charge in [0, 0.05) is 21.1 Å². The van der Waals surface area contributed by atoms with E-state index in [9.17, 15) is 4.79 Å². The van der Waals surface area contributed by atoms with E-state index in [4.69, 9.17) is 0 Å². The first-order valence-electron chi connectivity index (χ1n) is 6.67. The van der Waals surface area contributed by atoms with Gasteiger partial charge >= 0.3 is 0 Å². The van der Waals surface area contributed by atoms with Crippen LogP contribution < -0.4 is 0 Å². The maximum absolute atomic E-state index is 12.0. The molecule has 110 valence electrons. The van der Waals surface area contributed by atoms with Crippen LogP contribution >= 0.6 is 11.8 Å². The van der Waals surface area contributed by atoms with Crippen LogP contribution in [-0.4, -0.2) is 49.3 Å². The summed E-state index contributed by atoms with van der Waals surface area (Å²) >= 11 is 1.43. The molecule has 3 aromatic rings. The van der Waals surface area contributed by atoms with Crippen molar-refractivity contribution in [2.45, 2.75) is 17.3 Å². The highest BCUT2D eigenvalue weighted by atomic mass is 32.2. The molecule has 1 aromatic carbocycles. The lowest BCUT2D eigenvalue weighted by Crippen LogP contribution is -2.29. The van der Waals surface area contributed by atoms with Crippen LogP contribution in [0.3, 0.4) is 0 Å². The number of aromatic nitrogens is 4. The van der Waals surface area contributed by atoms with Gasteiger partial charge in [-0.2, -0.15) is 0 Å². The monoisotopic (exact) mass is 303 g/mol. The minimum atomic E-state index is -0.202. The van der Waals surface area contributed by atoms with Crippen LogP contribution in [0.2, 0.25) is 0 Å². The highest BCUT2D eigenvalue weighted by molar-refractivity contribution is 8.00. The van der Waals surface area contributed by atoms with E-state index in [0.29, 0.717) is 0 Å². The van der Waals surface area contributed by atoms with Crippen molar-refractivity contribution < 1.29 is 4.79 Å². The second kappa shape index (κ2) is 5.07. The highest BCUT2D eigenvalue weighted by Gasteiger charge is 2.21. The van der Waals surface area contributed by atoms with Crippen LogP contribution in [0.1, 0.15) is 6.92 Å². The molecule has 0 fully saturated rings. The van der Waals surface area contributed by atoms with Gasteiger partial charge in [0.15, 0.2) is 5.16 Å².